The predicted octanol–water partition coefficient (Wildman–Crippen LogP) is 4.50. The maximum absolute atomic E-state index is 13.0. The molecule has 1 N–H and O–H groups in total. The van der Waals surface area contributed by atoms with E-state index in [4.69, 9.17) is 8.92 Å². The third kappa shape index (κ3) is 7.94. The van der Waals surface area contributed by atoms with Crippen molar-refractivity contribution in [2.45, 2.75) is 33.7 Å². The van der Waals surface area contributed by atoms with Gasteiger partial charge in [0.15, 0.2) is 0 Å². The summed E-state index contributed by atoms with van der Waals surface area (Å²) in [6, 6.07) is 13.8. The Morgan fingerprint density at radius 1 is 1.10 bits per heavy atom. The standard InChI is InChI=1S/C22H30N2O5S/c1-5-28-21-9-7-6-8-20(21)23-22(25)24(15-14-17(2)3)16-18-10-12-19(13-11-18)29-30(4,26)27/h6-13,17H,5,14-16H2,1-4H3,(H,23,25). The number of nitrogens with zero attached hydrogens (tertiary/aromatic N) is 1. The van der Waals surface area contributed by atoms with Gasteiger partial charge in [0.2, 0.25) is 0 Å². The molecule has 7 nitrogen and oxygen atoms in total. The molecular weight excluding hydrogens is 404 g/mol. The van der Waals surface area contributed by atoms with Gasteiger partial charge in [-0.05, 0) is 49.1 Å². The fraction of sp³-hybridized carbons (Fsp3) is 0.409. The number of nitrogens with one attached hydrogen (secondary N) is 1. The molecule has 0 bridgehead atoms. The van der Waals surface area contributed by atoms with Crippen molar-refractivity contribution in [3.05, 3.63) is 54.1 Å². The van der Waals surface area contributed by atoms with Crippen molar-refractivity contribution >= 4 is 21.8 Å². The molecule has 30 heavy (non-hydrogen) atoms. The van der Waals surface area contributed by atoms with Crippen LogP contribution in [0, 0.1) is 5.92 Å². The molecule has 0 spiro atoms. The molecular formula is C22H30N2O5S. The maximum Gasteiger partial charge on any atom is 0.322 e. The molecule has 0 radical (unpaired) electrons. The second-order valence-corrected chi connectivity index (χ2v) is 8.97. The third-order valence-corrected chi connectivity index (χ3v) is 4.73. The third-order valence-electron chi connectivity index (χ3n) is 4.24. The number of benzene rings is 2. The number of anilines is 1. The van der Waals surface area contributed by atoms with E-state index in [1.807, 2.05) is 25.1 Å². The summed E-state index contributed by atoms with van der Waals surface area (Å²) in [6.07, 6.45) is 1.86. The lowest BCUT2D eigenvalue weighted by Gasteiger charge is -2.25. The molecule has 2 amide bonds. The van der Waals surface area contributed by atoms with Gasteiger partial charge in [-0.1, -0.05) is 38.1 Å². The molecule has 0 heterocycles. The summed E-state index contributed by atoms with van der Waals surface area (Å²) in [4.78, 5) is 14.7. The van der Waals surface area contributed by atoms with Gasteiger partial charge in [0, 0.05) is 13.1 Å². The SMILES string of the molecule is CCOc1ccccc1NC(=O)N(CCC(C)C)Cc1ccc(OS(C)(=O)=O)cc1. The lowest BCUT2D eigenvalue weighted by molar-refractivity contribution is 0.205. The molecule has 2 aromatic rings. The average molecular weight is 435 g/mol. The summed E-state index contributed by atoms with van der Waals surface area (Å²) in [6.45, 7) is 7.59. The van der Waals surface area contributed by atoms with Crippen molar-refractivity contribution in [2.24, 2.45) is 5.92 Å². The molecule has 0 aromatic heterocycles. The van der Waals surface area contributed by atoms with Gasteiger partial charge in [0.25, 0.3) is 0 Å². The van der Waals surface area contributed by atoms with E-state index in [9.17, 15) is 13.2 Å². The number of hydrogen-bond acceptors (Lipinski definition) is 5. The van der Waals surface area contributed by atoms with Gasteiger partial charge in [-0.25, -0.2) is 4.79 Å². The topological polar surface area (TPSA) is 84.9 Å². The normalized spacial score (nSPS) is 11.2. The van der Waals surface area contributed by atoms with Crippen LogP contribution in [0.25, 0.3) is 0 Å². The lowest BCUT2D eigenvalue weighted by atomic mass is 10.1. The minimum Gasteiger partial charge on any atom is -0.492 e. The molecule has 0 unspecified atom stereocenters. The van der Waals surface area contributed by atoms with Crippen molar-refractivity contribution in [3.63, 3.8) is 0 Å². The molecule has 0 fully saturated rings. The molecule has 2 aromatic carbocycles. The zero-order valence-corrected chi connectivity index (χ0v) is 18.7. The van der Waals surface area contributed by atoms with Gasteiger partial charge < -0.3 is 19.1 Å². The van der Waals surface area contributed by atoms with Crippen LogP contribution >= 0.6 is 0 Å². The van der Waals surface area contributed by atoms with E-state index >= 15 is 0 Å². The Morgan fingerprint density at radius 2 is 1.77 bits per heavy atom. The van der Waals surface area contributed by atoms with Crippen LogP contribution in [-0.2, 0) is 16.7 Å². The zero-order valence-electron chi connectivity index (χ0n) is 17.9. The van der Waals surface area contributed by atoms with Gasteiger partial charge in [-0.2, -0.15) is 8.42 Å². The Bertz CT molecular complexity index is 927. The number of ether oxygens (including phenoxy) is 1. The van der Waals surface area contributed by atoms with E-state index in [-0.39, 0.29) is 11.8 Å². The summed E-state index contributed by atoms with van der Waals surface area (Å²) in [7, 11) is -3.57. The maximum atomic E-state index is 13.0. The van der Waals surface area contributed by atoms with E-state index in [0.29, 0.717) is 37.1 Å². The first kappa shape index (κ1) is 23.5. The van der Waals surface area contributed by atoms with E-state index in [0.717, 1.165) is 18.2 Å². The van der Waals surface area contributed by atoms with Crippen molar-refractivity contribution in [3.8, 4) is 11.5 Å². The largest absolute Gasteiger partial charge is 0.492 e. The second kappa shape index (κ2) is 10.9. The smallest absolute Gasteiger partial charge is 0.322 e. The van der Waals surface area contributed by atoms with Crippen molar-refractivity contribution in [1.82, 2.24) is 4.90 Å². The molecule has 0 aliphatic carbocycles. The highest BCUT2D eigenvalue weighted by Crippen LogP contribution is 2.24. The first-order chi connectivity index (χ1) is 14.2. The Balaban J connectivity index is 2.14. The first-order valence-electron chi connectivity index (χ1n) is 9.94. The van der Waals surface area contributed by atoms with Crippen molar-refractivity contribution in [2.75, 3.05) is 24.7 Å². The van der Waals surface area contributed by atoms with Crippen molar-refractivity contribution in [1.29, 1.82) is 0 Å². The number of hydrogen-bond donors (Lipinski definition) is 1. The molecule has 0 atom stereocenters. The Kier molecular flexibility index (Phi) is 8.53. The fourth-order valence-corrected chi connectivity index (χ4v) is 3.22. The van der Waals surface area contributed by atoms with Gasteiger partial charge >= 0.3 is 16.1 Å². The van der Waals surface area contributed by atoms with Gasteiger partial charge in [0.05, 0.1) is 18.6 Å². The number of rotatable bonds is 10. The Hall–Kier alpha value is -2.74. The van der Waals surface area contributed by atoms with Crippen LogP contribution in [-0.4, -0.2) is 38.8 Å². The van der Waals surface area contributed by atoms with E-state index < -0.39 is 10.1 Å². The van der Waals surface area contributed by atoms with Crippen LogP contribution in [0.1, 0.15) is 32.8 Å². The summed E-state index contributed by atoms with van der Waals surface area (Å²) in [5.41, 5.74) is 1.49. The minimum atomic E-state index is -3.57. The second-order valence-electron chi connectivity index (χ2n) is 7.39. The summed E-state index contributed by atoms with van der Waals surface area (Å²) in [5, 5.41) is 2.94. The van der Waals surface area contributed by atoms with Gasteiger partial charge in [-0.3, -0.25) is 0 Å². The Labute approximate surface area is 179 Å². The van der Waals surface area contributed by atoms with Crippen LogP contribution in [0.15, 0.2) is 48.5 Å². The predicted molar refractivity (Wildman–Crippen MR) is 118 cm³/mol. The zero-order chi connectivity index (χ0) is 22.1. The average Bonchev–Trinajstić information content (AvgIpc) is 2.66. The van der Waals surface area contributed by atoms with Gasteiger partial charge in [-0.15, -0.1) is 0 Å². The Morgan fingerprint density at radius 3 is 2.37 bits per heavy atom. The summed E-state index contributed by atoms with van der Waals surface area (Å²) < 4.78 is 33.0. The minimum absolute atomic E-state index is 0.223. The van der Waals surface area contributed by atoms with Gasteiger partial charge in [0.1, 0.15) is 11.5 Å². The van der Waals surface area contributed by atoms with E-state index in [2.05, 4.69) is 19.2 Å². The number of carbonyl (C=O) groups is 1. The van der Waals surface area contributed by atoms with Crippen molar-refractivity contribution < 1.29 is 22.1 Å². The fourth-order valence-electron chi connectivity index (χ4n) is 2.76. The molecule has 0 aliphatic rings. The number of urea groups is 1. The van der Waals surface area contributed by atoms with Crippen LogP contribution in [0.3, 0.4) is 0 Å². The summed E-state index contributed by atoms with van der Waals surface area (Å²) >= 11 is 0. The van der Waals surface area contributed by atoms with Crippen LogP contribution in [0.4, 0.5) is 10.5 Å². The molecule has 0 saturated heterocycles. The molecule has 8 heteroatoms. The lowest BCUT2D eigenvalue weighted by Crippen LogP contribution is -2.35. The quantitative estimate of drug-likeness (QED) is 0.557. The molecule has 0 saturated carbocycles. The number of carbonyl (C=O) groups excluding carboxylic acids is 1. The summed E-state index contributed by atoms with van der Waals surface area (Å²) in [5.74, 6) is 1.31. The van der Waals surface area contributed by atoms with Crippen LogP contribution in [0.5, 0.6) is 11.5 Å². The molecule has 0 aliphatic heterocycles. The van der Waals surface area contributed by atoms with E-state index in [1.54, 1.807) is 35.2 Å². The van der Waals surface area contributed by atoms with E-state index in [1.165, 1.54) is 0 Å². The highest BCUT2D eigenvalue weighted by Gasteiger charge is 2.17. The number of para-hydroxylation sites is 2. The molecule has 164 valence electrons. The van der Waals surface area contributed by atoms with Crippen LogP contribution in [0.2, 0.25) is 0 Å². The highest BCUT2D eigenvalue weighted by atomic mass is 32.2. The monoisotopic (exact) mass is 434 g/mol. The molecule has 2 rings (SSSR count). The first-order valence-corrected chi connectivity index (χ1v) is 11.8. The van der Waals surface area contributed by atoms with Crippen LogP contribution < -0.4 is 14.2 Å². The number of amides is 2. The highest BCUT2D eigenvalue weighted by molar-refractivity contribution is 7.86.